The number of thioether (sulfide) groups is 1. The number of hydrogen-bond acceptors (Lipinski definition) is 3. The molecule has 100 valence electrons. The predicted molar refractivity (Wildman–Crippen MR) is 79.2 cm³/mol. The highest BCUT2D eigenvalue weighted by molar-refractivity contribution is 7.99. The van der Waals surface area contributed by atoms with Crippen LogP contribution in [0.15, 0.2) is 29.2 Å². The summed E-state index contributed by atoms with van der Waals surface area (Å²) in [4.78, 5) is 12.9. The van der Waals surface area contributed by atoms with Gasteiger partial charge in [0, 0.05) is 10.9 Å². The van der Waals surface area contributed by atoms with E-state index in [1.54, 1.807) is 11.8 Å². The number of nitrogens with one attached hydrogen (secondary N) is 2. The van der Waals surface area contributed by atoms with Crippen LogP contribution >= 0.6 is 11.8 Å². The number of amides is 1. The first-order valence-electron chi connectivity index (χ1n) is 6.42. The second-order valence-electron chi connectivity index (χ2n) is 4.17. The van der Waals surface area contributed by atoms with Gasteiger partial charge in [0.15, 0.2) is 0 Å². The molecule has 0 radical (unpaired) electrons. The Balaban J connectivity index is 2.53. The molecule has 0 fully saturated rings. The molecule has 0 bridgehead atoms. The molecule has 2 N–H and O–H groups in total. The van der Waals surface area contributed by atoms with Crippen LogP contribution < -0.4 is 10.6 Å². The first-order chi connectivity index (χ1) is 8.67. The van der Waals surface area contributed by atoms with E-state index in [0.29, 0.717) is 12.6 Å². The Morgan fingerprint density at radius 1 is 1.33 bits per heavy atom. The van der Waals surface area contributed by atoms with E-state index in [2.05, 4.69) is 31.4 Å². The largest absolute Gasteiger partial charge is 0.324 e. The number of rotatable bonds is 7. The monoisotopic (exact) mass is 266 g/mol. The van der Waals surface area contributed by atoms with E-state index in [-0.39, 0.29) is 5.91 Å². The summed E-state index contributed by atoms with van der Waals surface area (Å²) in [6.45, 7) is 6.64. The molecule has 1 amide bonds. The predicted octanol–water partition coefficient (Wildman–Crippen LogP) is 3.13. The van der Waals surface area contributed by atoms with Gasteiger partial charge in [-0.1, -0.05) is 26.0 Å². The smallest absolute Gasteiger partial charge is 0.238 e. The van der Waals surface area contributed by atoms with E-state index in [9.17, 15) is 4.79 Å². The molecule has 0 saturated carbocycles. The summed E-state index contributed by atoms with van der Waals surface area (Å²) in [5.74, 6) is 1.01. The van der Waals surface area contributed by atoms with Gasteiger partial charge in [0.2, 0.25) is 5.91 Å². The Morgan fingerprint density at radius 2 is 2.06 bits per heavy atom. The first-order valence-corrected chi connectivity index (χ1v) is 7.41. The average molecular weight is 266 g/mol. The third kappa shape index (κ3) is 5.10. The van der Waals surface area contributed by atoms with Gasteiger partial charge in [-0.05, 0) is 31.2 Å². The highest BCUT2D eigenvalue weighted by Gasteiger charge is 2.07. The molecule has 18 heavy (non-hydrogen) atoms. The fourth-order valence-electron chi connectivity index (χ4n) is 1.46. The van der Waals surface area contributed by atoms with Gasteiger partial charge in [-0.2, -0.15) is 0 Å². The quantitative estimate of drug-likeness (QED) is 0.745. The van der Waals surface area contributed by atoms with E-state index >= 15 is 0 Å². The maximum Gasteiger partial charge on any atom is 0.238 e. The van der Waals surface area contributed by atoms with Crippen molar-refractivity contribution in [2.45, 2.75) is 38.1 Å². The van der Waals surface area contributed by atoms with Crippen LogP contribution in [0.1, 0.15) is 27.2 Å². The molecule has 1 aromatic rings. The fourth-order valence-corrected chi connectivity index (χ4v) is 2.22. The van der Waals surface area contributed by atoms with Gasteiger partial charge in [-0.25, -0.2) is 0 Å². The van der Waals surface area contributed by atoms with Crippen LogP contribution in [0.3, 0.4) is 0 Å². The van der Waals surface area contributed by atoms with Crippen molar-refractivity contribution in [2.24, 2.45) is 0 Å². The molecule has 1 rings (SSSR count). The lowest BCUT2D eigenvalue weighted by molar-refractivity contribution is -0.115. The van der Waals surface area contributed by atoms with Gasteiger partial charge in [0.1, 0.15) is 0 Å². The third-order valence-corrected chi connectivity index (χ3v) is 3.64. The molecule has 1 atom stereocenters. The molecular formula is C14H22N2OS. The number of hydrogen-bond donors (Lipinski definition) is 2. The van der Waals surface area contributed by atoms with Crippen molar-refractivity contribution in [2.75, 3.05) is 17.6 Å². The van der Waals surface area contributed by atoms with Gasteiger partial charge in [0.25, 0.3) is 0 Å². The summed E-state index contributed by atoms with van der Waals surface area (Å²) in [5.41, 5.74) is 0.903. The van der Waals surface area contributed by atoms with E-state index in [1.807, 2.05) is 24.3 Å². The van der Waals surface area contributed by atoms with Crippen LogP contribution in [0.5, 0.6) is 0 Å². The third-order valence-electron chi connectivity index (χ3n) is 2.68. The van der Waals surface area contributed by atoms with Crippen LogP contribution in [0.25, 0.3) is 0 Å². The van der Waals surface area contributed by atoms with Crippen molar-refractivity contribution >= 4 is 23.4 Å². The summed E-state index contributed by atoms with van der Waals surface area (Å²) in [6.07, 6.45) is 1.02. The Kier molecular flexibility index (Phi) is 6.83. The molecule has 0 saturated heterocycles. The molecule has 0 aliphatic carbocycles. The number of para-hydroxylation sites is 1. The van der Waals surface area contributed by atoms with Crippen LogP contribution in [-0.2, 0) is 4.79 Å². The lowest BCUT2D eigenvalue weighted by Crippen LogP contribution is -2.34. The van der Waals surface area contributed by atoms with Gasteiger partial charge in [0.05, 0.1) is 12.2 Å². The zero-order valence-electron chi connectivity index (χ0n) is 11.3. The lowest BCUT2D eigenvalue weighted by Gasteiger charge is -2.13. The lowest BCUT2D eigenvalue weighted by atomic mass is 10.2. The molecule has 0 spiro atoms. The first kappa shape index (κ1) is 15.1. The van der Waals surface area contributed by atoms with E-state index in [4.69, 9.17) is 0 Å². The highest BCUT2D eigenvalue weighted by Crippen LogP contribution is 2.26. The van der Waals surface area contributed by atoms with Gasteiger partial charge >= 0.3 is 0 Å². The summed E-state index contributed by atoms with van der Waals surface area (Å²) >= 11 is 1.74. The molecule has 1 aromatic carbocycles. The van der Waals surface area contributed by atoms with Crippen molar-refractivity contribution in [3.05, 3.63) is 24.3 Å². The molecule has 0 heterocycles. The van der Waals surface area contributed by atoms with Crippen LogP contribution in [0.4, 0.5) is 5.69 Å². The molecule has 4 heteroatoms. The molecule has 0 aliphatic heterocycles. The molecular weight excluding hydrogens is 244 g/mol. The summed E-state index contributed by atoms with van der Waals surface area (Å²) in [6, 6.07) is 8.28. The van der Waals surface area contributed by atoms with Crippen molar-refractivity contribution < 1.29 is 4.79 Å². The number of anilines is 1. The van der Waals surface area contributed by atoms with Crippen molar-refractivity contribution in [1.82, 2.24) is 5.32 Å². The second kappa shape index (κ2) is 8.16. The SMILES string of the molecule is CCSc1ccccc1NC(=O)CNC(C)CC. The summed E-state index contributed by atoms with van der Waals surface area (Å²) in [7, 11) is 0. The zero-order chi connectivity index (χ0) is 13.4. The fraction of sp³-hybridized carbons (Fsp3) is 0.500. The highest BCUT2D eigenvalue weighted by atomic mass is 32.2. The standard InChI is InChI=1S/C14H22N2OS/c1-4-11(3)15-10-14(17)16-12-8-6-7-9-13(12)18-5-2/h6-9,11,15H,4-5,10H2,1-3H3,(H,16,17). The maximum absolute atomic E-state index is 11.8. The van der Waals surface area contributed by atoms with Crippen LogP contribution in [-0.4, -0.2) is 24.2 Å². The second-order valence-corrected chi connectivity index (χ2v) is 5.47. The van der Waals surface area contributed by atoms with Gasteiger partial charge in [-0.3, -0.25) is 4.79 Å². The zero-order valence-corrected chi connectivity index (χ0v) is 12.1. The maximum atomic E-state index is 11.8. The van der Waals surface area contributed by atoms with Gasteiger partial charge < -0.3 is 10.6 Å². The average Bonchev–Trinajstić information content (AvgIpc) is 2.38. The topological polar surface area (TPSA) is 41.1 Å². The van der Waals surface area contributed by atoms with Crippen molar-refractivity contribution in [1.29, 1.82) is 0 Å². The number of carbonyl (C=O) groups is 1. The Bertz CT molecular complexity index is 382. The Hall–Kier alpha value is -1.00. The van der Waals surface area contributed by atoms with E-state index in [1.165, 1.54) is 0 Å². The number of carbonyl (C=O) groups excluding carboxylic acids is 1. The minimum absolute atomic E-state index is 0.0134. The van der Waals surface area contributed by atoms with Gasteiger partial charge in [-0.15, -0.1) is 11.8 Å². The minimum Gasteiger partial charge on any atom is -0.324 e. The van der Waals surface area contributed by atoms with Crippen molar-refractivity contribution in [3.63, 3.8) is 0 Å². The summed E-state index contributed by atoms with van der Waals surface area (Å²) < 4.78 is 0. The molecule has 3 nitrogen and oxygen atoms in total. The van der Waals surface area contributed by atoms with E-state index in [0.717, 1.165) is 22.8 Å². The number of benzene rings is 1. The van der Waals surface area contributed by atoms with Crippen LogP contribution in [0, 0.1) is 0 Å². The molecule has 1 unspecified atom stereocenters. The molecule has 0 aromatic heterocycles. The van der Waals surface area contributed by atoms with E-state index < -0.39 is 0 Å². The van der Waals surface area contributed by atoms with Crippen molar-refractivity contribution in [3.8, 4) is 0 Å². The summed E-state index contributed by atoms with van der Waals surface area (Å²) in [5, 5.41) is 6.14. The Labute approximate surface area is 114 Å². The normalized spacial score (nSPS) is 12.2. The molecule has 0 aliphatic rings. The minimum atomic E-state index is 0.0134. The van der Waals surface area contributed by atoms with Crippen LogP contribution in [0.2, 0.25) is 0 Å². The Morgan fingerprint density at radius 3 is 2.72 bits per heavy atom.